The van der Waals surface area contributed by atoms with E-state index in [4.69, 9.17) is 19.9 Å². The van der Waals surface area contributed by atoms with Crippen molar-refractivity contribution in [2.75, 3.05) is 21.8 Å². The summed E-state index contributed by atoms with van der Waals surface area (Å²) in [5, 5.41) is 0. The first-order valence-corrected chi connectivity index (χ1v) is 20.3. The van der Waals surface area contributed by atoms with Gasteiger partial charge in [0, 0.05) is 25.1 Å². The predicted molar refractivity (Wildman–Crippen MR) is 220 cm³/mol. The normalized spacial score (nSPS) is 14.9. The molecule has 1 aliphatic rings. The molecule has 1 atom stereocenters. The molecule has 10 rings (SSSR count). The summed E-state index contributed by atoms with van der Waals surface area (Å²) in [4.78, 5) is 25.5. The van der Waals surface area contributed by atoms with Crippen molar-refractivity contribution >= 4 is 89.7 Å². The number of nitrogens with zero attached hydrogens (tertiary/aromatic N) is 10. The highest BCUT2D eigenvalue weighted by Gasteiger charge is 2.40. The number of fused-ring (bicyclic) bond motifs is 8. The van der Waals surface area contributed by atoms with Gasteiger partial charge in [-0.15, -0.1) is 0 Å². The average molecular weight is 717 g/mol. The minimum absolute atomic E-state index is 0.207. The number of imidazole rings is 4. The van der Waals surface area contributed by atoms with Crippen molar-refractivity contribution in [1.82, 2.24) is 37.0 Å². The third-order valence-corrected chi connectivity index (χ3v) is 14.3. The minimum Gasteiger partial charge on any atom is -0.313 e. The van der Waals surface area contributed by atoms with Crippen molar-refractivity contribution in [1.29, 1.82) is 0 Å². The summed E-state index contributed by atoms with van der Waals surface area (Å²) in [5.41, 5.74) is 10.2. The van der Waals surface area contributed by atoms with Crippen molar-refractivity contribution in [3.63, 3.8) is 0 Å². The summed E-state index contributed by atoms with van der Waals surface area (Å²) in [6.45, 7) is 6.76. The first-order chi connectivity index (χ1) is 25.9. The Labute approximate surface area is 309 Å². The van der Waals surface area contributed by atoms with E-state index in [1.807, 2.05) is 6.07 Å². The lowest BCUT2D eigenvalue weighted by molar-refractivity contribution is 0.546. The Balaban J connectivity index is 1.20. The summed E-state index contributed by atoms with van der Waals surface area (Å²) in [6, 6.07) is 42.5. The van der Waals surface area contributed by atoms with E-state index in [-0.39, 0.29) is 6.04 Å². The second-order valence-electron chi connectivity index (χ2n) is 13.8. The van der Waals surface area contributed by atoms with E-state index in [1.54, 1.807) is 0 Å². The summed E-state index contributed by atoms with van der Waals surface area (Å²) >= 11 is 0. The fourth-order valence-corrected chi connectivity index (χ4v) is 10.7. The molecular formula is C42H40N10S. The molecule has 0 unspecified atom stereocenters. The number of para-hydroxylation sites is 8. The Morgan fingerprint density at radius 1 is 0.585 bits per heavy atom. The maximum Gasteiger partial charge on any atom is 0.228 e. The van der Waals surface area contributed by atoms with Gasteiger partial charge in [0.1, 0.15) is 0 Å². The third-order valence-electron chi connectivity index (χ3n) is 10.9. The number of benzene rings is 5. The van der Waals surface area contributed by atoms with Crippen LogP contribution in [0.3, 0.4) is 0 Å². The van der Waals surface area contributed by atoms with E-state index >= 15 is 0 Å². The first-order valence-electron chi connectivity index (χ1n) is 18.2. The lowest BCUT2D eigenvalue weighted by Gasteiger charge is -2.46. The van der Waals surface area contributed by atoms with Gasteiger partial charge in [-0.25, -0.2) is 29.7 Å². The number of rotatable bonds is 7. The summed E-state index contributed by atoms with van der Waals surface area (Å²) in [5.74, 6) is 4.32. The van der Waals surface area contributed by atoms with Crippen LogP contribution < -0.4 is 9.80 Å². The molecule has 5 heterocycles. The molecule has 11 heteroatoms. The van der Waals surface area contributed by atoms with Gasteiger partial charge in [0.2, 0.25) is 23.8 Å². The van der Waals surface area contributed by atoms with Crippen LogP contribution in [0.2, 0.25) is 0 Å². The number of hydrogen-bond donors (Lipinski definition) is 0. The zero-order valence-electron chi connectivity index (χ0n) is 30.4. The summed E-state index contributed by atoms with van der Waals surface area (Å²) in [7, 11) is 0.474. The number of anilines is 6. The van der Waals surface area contributed by atoms with Gasteiger partial charge in [-0.3, -0.25) is 7.94 Å². The highest BCUT2D eigenvalue weighted by molar-refractivity contribution is 8.31. The fraction of sp³-hybridized carbons (Fsp3) is 0.190. The molecule has 1 aliphatic heterocycles. The van der Waals surface area contributed by atoms with Crippen LogP contribution in [0, 0.1) is 0 Å². The number of aromatic nitrogens is 8. The van der Waals surface area contributed by atoms with Gasteiger partial charge < -0.3 is 9.13 Å². The molecular weight excluding hydrogens is 677 g/mol. The van der Waals surface area contributed by atoms with Gasteiger partial charge >= 0.3 is 0 Å². The van der Waals surface area contributed by atoms with Gasteiger partial charge in [-0.1, -0.05) is 72.8 Å². The molecule has 0 N–H and O–H groups in total. The van der Waals surface area contributed by atoms with Crippen LogP contribution in [0.1, 0.15) is 33.2 Å². The van der Waals surface area contributed by atoms with E-state index in [0.717, 1.165) is 91.5 Å². The zero-order chi connectivity index (χ0) is 36.0. The SMILES string of the molecule is CC[C@@H](C)n1c(N(c2ccc(N3c4nc5ccccc5n4S(C)(CC)n4c3nc3ccccc34)cc2)c2nc3ccccc3n2C)nc2ccccc21. The van der Waals surface area contributed by atoms with E-state index in [1.165, 1.54) is 0 Å². The minimum atomic E-state index is -1.61. The van der Waals surface area contributed by atoms with Crippen LogP contribution in [0.25, 0.3) is 44.1 Å². The van der Waals surface area contributed by atoms with Gasteiger partial charge in [0.05, 0.1) is 55.5 Å². The molecule has 53 heavy (non-hydrogen) atoms. The van der Waals surface area contributed by atoms with Crippen LogP contribution >= 0.6 is 10.4 Å². The molecule has 0 spiro atoms. The molecule has 264 valence electrons. The molecule has 9 aromatic rings. The van der Waals surface area contributed by atoms with Crippen molar-refractivity contribution in [2.45, 2.75) is 33.2 Å². The Morgan fingerprint density at radius 3 is 1.58 bits per heavy atom. The molecule has 5 aromatic carbocycles. The van der Waals surface area contributed by atoms with Crippen molar-refractivity contribution in [3.8, 4) is 0 Å². The van der Waals surface area contributed by atoms with Gasteiger partial charge in [-0.2, -0.15) is 0 Å². The topological polar surface area (TPSA) is 77.8 Å². The van der Waals surface area contributed by atoms with Crippen LogP contribution in [0.5, 0.6) is 0 Å². The van der Waals surface area contributed by atoms with Gasteiger partial charge in [0.25, 0.3) is 0 Å². The Morgan fingerprint density at radius 2 is 1.06 bits per heavy atom. The smallest absolute Gasteiger partial charge is 0.228 e. The molecule has 0 saturated carbocycles. The van der Waals surface area contributed by atoms with Crippen molar-refractivity contribution in [2.24, 2.45) is 7.05 Å². The molecule has 0 fully saturated rings. The number of hydrogen-bond acceptors (Lipinski definition) is 6. The summed E-state index contributed by atoms with van der Waals surface area (Å²) in [6.07, 6.45) is 3.33. The van der Waals surface area contributed by atoms with Gasteiger partial charge in [0.15, 0.2) is 0 Å². The Bertz CT molecular complexity index is 2760. The van der Waals surface area contributed by atoms with Crippen LogP contribution in [-0.2, 0) is 7.05 Å². The molecule has 0 bridgehead atoms. The molecule has 10 nitrogen and oxygen atoms in total. The lowest BCUT2D eigenvalue weighted by Crippen LogP contribution is -2.32. The monoisotopic (exact) mass is 716 g/mol. The molecule has 0 radical (unpaired) electrons. The first kappa shape index (κ1) is 31.6. The molecule has 4 aromatic heterocycles. The third kappa shape index (κ3) is 4.46. The van der Waals surface area contributed by atoms with E-state index in [0.29, 0.717) is 0 Å². The summed E-state index contributed by atoms with van der Waals surface area (Å²) < 4.78 is 9.45. The van der Waals surface area contributed by atoms with Gasteiger partial charge in [-0.05, 0) is 86.1 Å². The molecule has 0 aliphatic carbocycles. The quantitative estimate of drug-likeness (QED) is 0.163. The van der Waals surface area contributed by atoms with Crippen molar-refractivity contribution < 1.29 is 0 Å². The second kappa shape index (κ2) is 11.7. The van der Waals surface area contributed by atoms with E-state index in [2.05, 4.69) is 176 Å². The second-order valence-corrected chi connectivity index (χ2v) is 17.1. The van der Waals surface area contributed by atoms with E-state index < -0.39 is 10.4 Å². The average Bonchev–Trinajstić information content (AvgIpc) is 3.96. The van der Waals surface area contributed by atoms with E-state index in [9.17, 15) is 0 Å². The Kier molecular flexibility index (Phi) is 7.00. The van der Waals surface area contributed by atoms with Crippen LogP contribution in [0.15, 0.2) is 121 Å². The molecule has 0 saturated heterocycles. The van der Waals surface area contributed by atoms with Crippen LogP contribution in [0.4, 0.5) is 35.2 Å². The number of aryl methyl sites for hydroxylation is 1. The highest BCUT2D eigenvalue weighted by atomic mass is 32.3. The lowest BCUT2D eigenvalue weighted by atomic mass is 10.2. The largest absolute Gasteiger partial charge is 0.313 e. The highest BCUT2D eigenvalue weighted by Crippen LogP contribution is 2.60. The zero-order valence-corrected chi connectivity index (χ0v) is 31.2. The Hall–Kier alpha value is -6.07. The maximum atomic E-state index is 5.30. The molecule has 0 amide bonds. The fourth-order valence-electron chi connectivity index (χ4n) is 7.91. The maximum absolute atomic E-state index is 5.30. The van der Waals surface area contributed by atoms with Crippen molar-refractivity contribution in [3.05, 3.63) is 121 Å². The van der Waals surface area contributed by atoms with Crippen LogP contribution in [-0.4, -0.2) is 49.0 Å². The standard InChI is InChI=1S/C42H40N10S/c1-6-28(3)48-36-21-13-9-17-32(36)44-40(48)49(39-43-31-16-8-12-20-35(31)47(39)4)29-24-26-30(27-25-29)50-41-45-33-18-10-14-22-37(33)51(41)53(5,7-2)52-38-23-15-11-19-34(38)46-42(50)52/h8-28H,6-7H2,1-5H3/t28-/m1/s1. The predicted octanol–water partition coefficient (Wildman–Crippen LogP) is 10.5.